The topological polar surface area (TPSA) is 48.0 Å². The Labute approximate surface area is 121 Å². The van der Waals surface area contributed by atoms with Gasteiger partial charge in [0.2, 0.25) is 0 Å². The molecule has 2 aromatic carbocycles. The van der Waals surface area contributed by atoms with Gasteiger partial charge >= 0.3 is 0 Å². The third kappa shape index (κ3) is 1.87. The van der Waals surface area contributed by atoms with Crippen LogP contribution in [0, 0.1) is 6.92 Å². The maximum Gasteiger partial charge on any atom is 0.266 e. The molecular formula is C16H13ClN2O. The van der Waals surface area contributed by atoms with Gasteiger partial charge in [0, 0.05) is 16.1 Å². The number of nitrogens with zero attached hydrogens (tertiary/aromatic N) is 1. The van der Waals surface area contributed by atoms with Crippen LogP contribution in [0.3, 0.4) is 0 Å². The fourth-order valence-electron chi connectivity index (χ4n) is 2.56. The minimum Gasteiger partial charge on any atom is -0.364 e. The summed E-state index contributed by atoms with van der Waals surface area (Å²) in [6.07, 6.45) is 0. The van der Waals surface area contributed by atoms with Gasteiger partial charge in [0.15, 0.2) is 0 Å². The van der Waals surface area contributed by atoms with Gasteiger partial charge in [-0.2, -0.15) is 0 Å². The second kappa shape index (κ2) is 4.69. The lowest BCUT2D eigenvalue weighted by molar-refractivity contribution is 0.0993. The van der Waals surface area contributed by atoms with E-state index < -0.39 is 5.91 Å². The minimum atomic E-state index is -0.446. The number of hydrogen-bond acceptors (Lipinski definition) is 1. The van der Waals surface area contributed by atoms with Crippen molar-refractivity contribution in [1.82, 2.24) is 4.57 Å². The Bertz CT molecular complexity index is 806. The smallest absolute Gasteiger partial charge is 0.266 e. The molecular weight excluding hydrogens is 272 g/mol. The third-order valence-corrected chi connectivity index (χ3v) is 3.67. The average molecular weight is 285 g/mol. The Morgan fingerprint density at radius 3 is 2.50 bits per heavy atom. The van der Waals surface area contributed by atoms with E-state index in [-0.39, 0.29) is 0 Å². The number of hydrogen-bond donors (Lipinski definition) is 1. The summed E-state index contributed by atoms with van der Waals surface area (Å²) in [5, 5.41) is 1.58. The molecule has 3 aromatic rings. The van der Waals surface area contributed by atoms with E-state index >= 15 is 0 Å². The van der Waals surface area contributed by atoms with Crippen LogP contribution in [0.4, 0.5) is 0 Å². The van der Waals surface area contributed by atoms with Crippen LogP contribution >= 0.6 is 11.6 Å². The van der Waals surface area contributed by atoms with Gasteiger partial charge in [-0.15, -0.1) is 0 Å². The van der Waals surface area contributed by atoms with Crippen LogP contribution in [0.1, 0.15) is 16.1 Å². The lowest BCUT2D eigenvalue weighted by Gasteiger charge is -2.09. The van der Waals surface area contributed by atoms with Gasteiger partial charge in [-0.05, 0) is 42.8 Å². The van der Waals surface area contributed by atoms with E-state index in [0.29, 0.717) is 10.7 Å². The maximum absolute atomic E-state index is 11.8. The van der Waals surface area contributed by atoms with Gasteiger partial charge in [0.1, 0.15) is 5.69 Å². The maximum atomic E-state index is 11.8. The Hall–Kier alpha value is -2.26. The molecule has 0 aliphatic heterocycles. The number of primary amides is 1. The molecule has 3 rings (SSSR count). The highest BCUT2D eigenvalue weighted by Crippen LogP contribution is 2.30. The number of aromatic nitrogens is 1. The highest BCUT2D eigenvalue weighted by molar-refractivity contribution is 6.31. The molecule has 1 amide bonds. The SMILES string of the molecule is Cc1c(C(N)=O)n(-c2ccccc2)c2ccc(Cl)cc12. The Balaban J connectivity index is 2.46. The number of aryl methyl sites for hydroxylation is 1. The number of carbonyl (C=O) groups is 1. The zero-order chi connectivity index (χ0) is 14.3. The number of fused-ring (bicyclic) bond motifs is 1. The van der Waals surface area contributed by atoms with Gasteiger partial charge < -0.3 is 10.3 Å². The van der Waals surface area contributed by atoms with E-state index in [1.54, 1.807) is 0 Å². The second-order valence-corrected chi connectivity index (χ2v) is 5.11. The Kier molecular flexibility index (Phi) is 2.99. The second-order valence-electron chi connectivity index (χ2n) is 4.67. The number of benzene rings is 2. The molecule has 0 saturated heterocycles. The predicted octanol–water partition coefficient (Wildman–Crippen LogP) is 3.69. The molecule has 0 unspecified atom stereocenters. The number of nitrogens with two attached hydrogens (primary N) is 1. The highest BCUT2D eigenvalue weighted by Gasteiger charge is 2.19. The van der Waals surface area contributed by atoms with Crippen molar-refractivity contribution < 1.29 is 4.79 Å². The number of rotatable bonds is 2. The van der Waals surface area contributed by atoms with Crippen LogP contribution in [-0.4, -0.2) is 10.5 Å². The van der Waals surface area contributed by atoms with Crippen molar-refractivity contribution in [1.29, 1.82) is 0 Å². The number of carbonyl (C=O) groups excluding carboxylic acids is 1. The first-order valence-corrected chi connectivity index (χ1v) is 6.63. The van der Waals surface area contributed by atoms with Crippen LogP contribution in [-0.2, 0) is 0 Å². The zero-order valence-corrected chi connectivity index (χ0v) is 11.7. The first-order chi connectivity index (χ1) is 9.59. The summed E-state index contributed by atoms with van der Waals surface area (Å²) in [7, 11) is 0. The molecule has 3 nitrogen and oxygen atoms in total. The van der Waals surface area contributed by atoms with E-state index in [4.69, 9.17) is 17.3 Å². The molecule has 0 bridgehead atoms. The first-order valence-electron chi connectivity index (χ1n) is 6.25. The molecule has 0 aliphatic rings. The normalized spacial score (nSPS) is 10.9. The quantitative estimate of drug-likeness (QED) is 0.766. The molecule has 2 N–H and O–H groups in total. The monoisotopic (exact) mass is 284 g/mol. The van der Waals surface area contributed by atoms with Crippen LogP contribution in [0.15, 0.2) is 48.5 Å². The van der Waals surface area contributed by atoms with Gasteiger partial charge in [-0.3, -0.25) is 4.79 Å². The highest BCUT2D eigenvalue weighted by atomic mass is 35.5. The number of halogens is 1. The van der Waals surface area contributed by atoms with Crippen molar-refractivity contribution in [2.45, 2.75) is 6.92 Å². The molecule has 20 heavy (non-hydrogen) atoms. The van der Waals surface area contributed by atoms with Gasteiger partial charge in [0.25, 0.3) is 5.91 Å². The number of amides is 1. The van der Waals surface area contributed by atoms with Crippen molar-refractivity contribution in [2.24, 2.45) is 5.73 Å². The largest absolute Gasteiger partial charge is 0.364 e. The van der Waals surface area contributed by atoms with E-state index in [9.17, 15) is 4.79 Å². The fraction of sp³-hybridized carbons (Fsp3) is 0.0625. The summed E-state index contributed by atoms with van der Waals surface area (Å²) in [5.74, 6) is -0.446. The van der Waals surface area contributed by atoms with Gasteiger partial charge in [-0.1, -0.05) is 29.8 Å². The van der Waals surface area contributed by atoms with Gasteiger partial charge in [-0.25, -0.2) is 0 Å². The standard InChI is InChI=1S/C16H13ClN2O/c1-10-13-9-11(17)7-8-14(13)19(15(10)16(18)20)12-5-3-2-4-6-12/h2-9H,1H3,(H2,18,20). The number of para-hydroxylation sites is 1. The van der Waals surface area contributed by atoms with Gasteiger partial charge in [0.05, 0.1) is 5.52 Å². The summed E-state index contributed by atoms with van der Waals surface area (Å²) in [5.41, 5.74) is 8.73. The Morgan fingerprint density at radius 1 is 1.15 bits per heavy atom. The van der Waals surface area contributed by atoms with Crippen molar-refractivity contribution in [3.05, 3.63) is 64.8 Å². The van der Waals surface area contributed by atoms with E-state index in [2.05, 4.69) is 0 Å². The van der Waals surface area contributed by atoms with E-state index in [1.165, 1.54) is 0 Å². The van der Waals surface area contributed by atoms with Crippen molar-refractivity contribution in [3.8, 4) is 5.69 Å². The van der Waals surface area contributed by atoms with Crippen LogP contribution in [0.5, 0.6) is 0 Å². The molecule has 1 heterocycles. The molecule has 0 fully saturated rings. The summed E-state index contributed by atoms with van der Waals surface area (Å²) in [4.78, 5) is 11.8. The fourth-order valence-corrected chi connectivity index (χ4v) is 2.73. The molecule has 0 spiro atoms. The van der Waals surface area contributed by atoms with Crippen LogP contribution in [0.2, 0.25) is 5.02 Å². The molecule has 0 atom stereocenters. The predicted molar refractivity (Wildman–Crippen MR) is 81.5 cm³/mol. The lowest BCUT2D eigenvalue weighted by atomic mass is 10.1. The third-order valence-electron chi connectivity index (χ3n) is 3.43. The van der Waals surface area contributed by atoms with E-state index in [1.807, 2.05) is 60.0 Å². The zero-order valence-electron chi connectivity index (χ0n) is 10.9. The molecule has 1 aromatic heterocycles. The van der Waals surface area contributed by atoms with Crippen LogP contribution in [0.25, 0.3) is 16.6 Å². The summed E-state index contributed by atoms with van der Waals surface area (Å²) in [6, 6.07) is 15.3. The summed E-state index contributed by atoms with van der Waals surface area (Å²) >= 11 is 6.05. The van der Waals surface area contributed by atoms with Crippen molar-refractivity contribution in [2.75, 3.05) is 0 Å². The Morgan fingerprint density at radius 2 is 1.85 bits per heavy atom. The van der Waals surface area contributed by atoms with E-state index in [0.717, 1.165) is 22.2 Å². The molecule has 0 aliphatic carbocycles. The average Bonchev–Trinajstić information content (AvgIpc) is 2.73. The molecule has 0 saturated carbocycles. The minimum absolute atomic E-state index is 0.446. The first kappa shape index (κ1) is 12.8. The summed E-state index contributed by atoms with van der Waals surface area (Å²) in [6.45, 7) is 1.89. The van der Waals surface area contributed by atoms with Crippen LogP contribution < -0.4 is 5.73 Å². The van der Waals surface area contributed by atoms with Crippen molar-refractivity contribution in [3.63, 3.8) is 0 Å². The molecule has 4 heteroatoms. The molecule has 0 radical (unpaired) electrons. The summed E-state index contributed by atoms with van der Waals surface area (Å²) < 4.78 is 1.88. The molecule has 100 valence electrons. The lowest BCUT2D eigenvalue weighted by Crippen LogP contribution is -2.17. The van der Waals surface area contributed by atoms with Crippen molar-refractivity contribution >= 4 is 28.4 Å².